The van der Waals surface area contributed by atoms with Gasteiger partial charge in [0.1, 0.15) is 5.75 Å². The zero-order chi connectivity index (χ0) is 18.0. The van der Waals surface area contributed by atoms with Gasteiger partial charge in [0.05, 0.1) is 11.7 Å². The molecule has 25 heavy (non-hydrogen) atoms. The second kappa shape index (κ2) is 7.32. The molecular formula is C18H20ClNO4S. The molecule has 3 rings (SSSR count). The predicted molar refractivity (Wildman–Crippen MR) is 98.4 cm³/mol. The monoisotopic (exact) mass is 381 g/mol. The first-order valence-electron chi connectivity index (χ1n) is 8.29. The van der Waals surface area contributed by atoms with Crippen molar-refractivity contribution in [2.75, 3.05) is 18.8 Å². The molecule has 0 saturated carbocycles. The van der Waals surface area contributed by atoms with Crippen LogP contribution in [0.1, 0.15) is 19.8 Å². The molecular weight excluding hydrogens is 362 g/mol. The molecule has 5 nitrogen and oxygen atoms in total. The van der Waals surface area contributed by atoms with Gasteiger partial charge in [-0.1, -0.05) is 35.9 Å². The van der Waals surface area contributed by atoms with E-state index in [1.54, 1.807) is 19.1 Å². The van der Waals surface area contributed by atoms with Crippen molar-refractivity contribution in [2.45, 2.75) is 19.8 Å². The minimum absolute atomic E-state index is 0.0822. The summed E-state index contributed by atoms with van der Waals surface area (Å²) in [6.45, 7) is 2.34. The van der Waals surface area contributed by atoms with Crippen LogP contribution in [0.4, 0.5) is 0 Å². The third-order valence-electron chi connectivity index (χ3n) is 4.59. The second-order valence-corrected chi connectivity index (χ2v) is 8.75. The van der Waals surface area contributed by atoms with Gasteiger partial charge < -0.3 is 4.74 Å². The standard InChI is InChI=1S/C18H20ClNO4S/c1-2-25(22,23)20-11-9-13(10-12-20)18(21)24-17-8-7-16(19)14-5-3-4-6-15(14)17/h3-8,13H,2,9-12H2,1H3. The average Bonchev–Trinajstić information content (AvgIpc) is 2.64. The number of rotatable bonds is 4. The van der Waals surface area contributed by atoms with E-state index in [0.29, 0.717) is 36.7 Å². The van der Waals surface area contributed by atoms with Crippen molar-refractivity contribution in [1.82, 2.24) is 4.31 Å². The molecule has 0 amide bonds. The molecule has 2 aromatic carbocycles. The number of ether oxygens (including phenoxy) is 1. The first kappa shape index (κ1) is 18.2. The van der Waals surface area contributed by atoms with E-state index in [1.165, 1.54) is 4.31 Å². The fraction of sp³-hybridized carbons (Fsp3) is 0.389. The highest BCUT2D eigenvalue weighted by Gasteiger charge is 2.31. The molecule has 0 N–H and O–H groups in total. The van der Waals surface area contributed by atoms with Crippen LogP contribution in [0.3, 0.4) is 0 Å². The van der Waals surface area contributed by atoms with E-state index in [9.17, 15) is 13.2 Å². The third-order valence-corrected chi connectivity index (χ3v) is 6.80. The molecule has 1 aliphatic rings. The Bertz CT molecular complexity index is 889. The van der Waals surface area contributed by atoms with Crippen LogP contribution in [0.5, 0.6) is 5.75 Å². The Morgan fingerprint density at radius 1 is 1.16 bits per heavy atom. The van der Waals surface area contributed by atoms with Gasteiger partial charge in [-0.05, 0) is 31.9 Å². The van der Waals surface area contributed by atoms with Crippen molar-refractivity contribution >= 4 is 38.4 Å². The Morgan fingerprint density at radius 2 is 1.80 bits per heavy atom. The molecule has 0 aromatic heterocycles. The summed E-state index contributed by atoms with van der Waals surface area (Å²) in [6.07, 6.45) is 0.952. The Morgan fingerprint density at radius 3 is 2.44 bits per heavy atom. The number of halogens is 1. The predicted octanol–water partition coefficient (Wildman–Crippen LogP) is 3.46. The van der Waals surface area contributed by atoms with Crippen LogP contribution >= 0.6 is 11.6 Å². The summed E-state index contributed by atoms with van der Waals surface area (Å²) < 4.78 is 30.9. The number of sulfonamides is 1. The molecule has 1 fully saturated rings. The minimum atomic E-state index is -3.20. The maximum Gasteiger partial charge on any atom is 0.314 e. The van der Waals surface area contributed by atoms with Crippen LogP contribution in [0.15, 0.2) is 36.4 Å². The number of hydrogen-bond acceptors (Lipinski definition) is 4. The second-order valence-electron chi connectivity index (χ2n) is 6.09. The van der Waals surface area contributed by atoms with Crippen LogP contribution in [0.2, 0.25) is 5.02 Å². The molecule has 0 spiro atoms. The van der Waals surface area contributed by atoms with Crippen molar-refractivity contribution in [3.63, 3.8) is 0 Å². The molecule has 0 bridgehead atoms. The van der Waals surface area contributed by atoms with E-state index in [-0.39, 0.29) is 17.6 Å². The summed E-state index contributed by atoms with van der Waals surface area (Å²) in [5, 5.41) is 2.22. The summed E-state index contributed by atoms with van der Waals surface area (Å²) in [5.41, 5.74) is 0. The summed E-state index contributed by atoms with van der Waals surface area (Å²) >= 11 is 6.18. The fourth-order valence-corrected chi connectivity index (χ4v) is 4.43. The summed E-state index contributed by atoms with van der Waals surface area (Å²) in [5.74, 6) is -0.0498. The summed E-state index contributed by atoms with van der Waals surface area (Å²) in [4.78, 5) is 12.5. The van der Waals surface area contributed by atoms with Gasteiger partial charge in [-0.25, -0.2) is 12.7 Å². The molecule has 0 aliphatic carbocycles. The zero-order valence-electron chi connectivity index (χ0n) is 13.9. The van der Waals surface area contributed by atoms with Gasteiger partial charge in [0, 0.05) is 28.9 Å². The van der Waals surface area contributed by atoms with Crippen molar-refractivity contribution < 1.29 is 17.9 Å². The zero-order valence-corrected chi connectivity index (χ0v) is 15.5. The van der Waals surface area contributed by atoms with Gasteiger partial charge in [0.15, 0.2) is 0 Å². The molecule has 1 heterocycles. The van der Waals surface area contributed by atoms with Gasteiger partial charge in [0.25, 0.3) is 0 Å². The van der Waals surface area contributed by atoms with E-state index in [0.717, 1.165) is 10.8 Å². The molecule has 7 heteroatoms. The molecule has 1 saturated heterocycles. The number of nitrogens with zero attached hydrogens (tertiary/aromatic N) is 1. The van der Waals surface area contributed by atoms with Gasteiger partial charge in [-0.3, -0.25) is 4.79 Å². The van der Waals surface area contributed by atoms with Gasteiger partial charge in [-0.2, -0.15) is 0 Å². The van der Waals surface area contributed by atoms with E-state index < -0.39 is 10.0 Å². The van der Waals surface area contributed by atoms with Gasteiger partial charge in [0.2, 0.25) is 10.0 Å². The Hall–Kier alpha value is -1.63. The van der Waals surface area contributed by atoms with Crippen molar-refractivity contribution in [2.24, 2.45) is 5.92 Å². The number of fused-ring (bicyclic) bond motifs is 1. The van der Waals surface area contributed by atoms with Gasteiger partial charge >= 0.3 is 5.97 Å². The first-order chi connectivity index (χ1) is 11.9. The molecule has 1 aliphatic heterocycles. The third kappa shape index (κ3) is 3.81. The number of carbonyl (C=O) groups excluding carboxylic acids is 1. The number of benzene rings is 2. The highest BCUT2D eigenvalue weighted by Crippen LogP contribution is 2.32. The first-order valence-corrected chi connectivity index (χ1v) is 10.3. The fourth-order valence-electron chi connectivity index (χ4n) is 3.07. The molecule has 2 aromatic rings. The molecule has 0 atom stereocenters. The van der Waals surface area contributed by atoms with Crippen LogP contribution in [-0.4, -0.2) is 37.5 Å². The number of carbonyl (C=O) groups is 1. The van der Waals surface area contributed by atoms with Gasteiger partial charge in [-0.15, -0.1) is 0 Å². The van der Waals surface area contributed by atoms with Crippen LogP contribution in [0, 0.1) is 5.92 Å². The lowest BCUT2D eigenvalue weighted by Gasteiger charge is -2.29. The molecule has 134 valence electrons. The lowest BCUT2D eigenvalue weighted by molar-refractivity contribution is -0.140. The Kier molecular flexibility index (Phi) is 5.32. The smallest absolute Gasteiger partial charge is 0.314 e. The summed E-state index contributed by atoms with van der Waals surface area (Å²) in [6, 6.07) is 10.9. The van der Waals surface area contributed by atoms with Crippen LogP contribution in [0.25, 0.3) is 10.8 Å². The van der Waals surface area contributed by atoms with Crippen molar-refractivity contribution in [3.8, 4) is 5.75 Å². The van der Waals surface area contributed by atoms with E-state index in [4.69, 9.17) is 16.3 Å². The van der Waals surface area contributed by atoms with E-state index in [1.807, 2.05) is 24.3 Å². The van der Waals surface area contributed by atoms with Crippen molar-refractivity contribution in [3.05, 3.63) is 41.4 Å². The quantitative estimate of drug-likeness (QED) is 0.601. The summed E-state index contributed by atoms with van der Waals surface area (Å²) in [7, 11) is -3.20. The van der Waals surface area contributed by atoms with Crippen molar-refractivity contribution in [1.29, 1.82) is 0 Å². The normalized spacial score (nSPS) is 16.9. The Balaban J connectivity index is 1.71. The SMILES string of the molecule is CCS(=O)(=O)N1CCC(C(=O)Oc2ccc(Cl)c3ccccc23)CC1. The number of piperidine rings is 1. The number of esters is 1. The number of hydrogen-bond donors (Lipinski definition) is 0. The lowest BCUT2D eigenvalue weighted by atomic mass is 9.98. The lowest BCUT2D eigenvalue weighted by Crippen LogP contribution is -2.41. The van der Waals surface area contributed by atoms with E-state index in [2.05, 4.69) is 0 Å². The Labute approximate surface area is 152 Å². The highest BCUT2D eigenvalue weighted by atomic mass is 35.5. The largest absolute Gasteiger partial charge is 0.426 e. The van der Waals surface area contributed by atoms with Crippen LogP contribution in [-0.2, 0) is 14.8 Å². The van der Waals surface area contributed by atoms with Crippen LogP contribution < -0.4 is 4.74 Å². The molecule has 0 radical (unpaired) electrons. The maximum atomic E-state index is 12.5. The highest BCUT2D eigenvalue weighted by molar-refractivity contribution is 7.89. The topological polar surface area (TPSA) is 63.7 Å². The molecule has 0 unspecified atom stereocenters. The minimum Gasteiger partial charge on any atom is -0.426 e. The average molecular weight is 382 g/mol. The maximum absolute atomic E-state index is 12.5. The van der Waals surface area contributed by atoms with E-state index >= 15 is 0 Å².